The molecule has 2 aromatic carbocycles. The van der Waals surface area contributed by atoms with Crippen molar-refractivity contribution in [2.45, 2.75) is 61.3 Å². The third kappa shape index (κ3) is 4.52. The van der Waals surface area contributed by atoms with E-state index in [1.165, 1.54) is 0 Å². The Morgan fingerprint density at radius 2 is 1.25 bits per heavy atom. The van der Waals surface area contributed by atoms with Gasteiger partial charge in [-0.25, -0.2) is 0 Å². The summed E-state index contributed by atoms with van der Waals surface area (Å²) in [5, 5.41) is 34.6. The highest BCUT2D eigenvalue weighted by Crippen LogP contribution is 2.52. The number of rotatable bonds is 2. The summed E-state index contributed by atoms with van der Waals surface area (Å²) in [5.41, 5.74) is 1.29. The van der Waals surface area contributed by atoms with Crippen molar-refractivity contribution in [2.75, 3.05) is 0 Å². The second kappa shape index (κ2) is 8.44. The van der Waals surface area contributed by atoms with Crippen LogP contribution in [0.3, 0.4) is 0 Å². The van der Waals surface area contributed by atoms with Crippen molar-refractivity contribution in [1.82, 2.24) is 0 Å². The van der Waals surface area contributed by atoms with Crippen molar-refractivity contribution in [1.29, 1.82) is 0 Å². The van der Waals surface area contributed by atoms with Gasteiger partial charge in [-0.15, -0.1) is 0 Å². The zero-order valence-corrected chi connectivity index (χ0v) is 22.8. The second-order valence-corrected chi connectivity index (χ2v) is 13.0. The second-order valence-electron chi connectivity index (χ2n) is 13.0. The molecule has 0 aliphatic heterocycles. The highest BCUT2D eigenvalue weighted by atomic mass is 16.3. The third-order valence-electron chi connectivity index (χ3n) is 8.22. The van der Waals surface area contributed by atoms with E-state index >= 15 is 0 Å². The van der Waals surface area contributed by atoms with E-state index in [9.17, 15) is 15.3 Å². The van der Waals surface area contributed by atoms with E-state index < -0.39 is 5.41 Å². The van der Waals surface area contributed by atoms with Crippen LogP contribution in [0.5, 0.6) is 5.75 Å². The van der Waals surface area contributed by atoms with Gasteiger partial charge in [0.25, 0.3) is 0 Å². The Labute approximate surface area is 215 Å². The monoisotopic (exact) mass is 484 g/mol. The molecule has 0 fully saturated rings. The largest absolute Gasteiger partial charge is 0.508 e. The zero-order valence-electron chi connectivity index (χ0n) is 22.8. The predicted octanol–water partition coefficient (Wildman–Crippen LogP) is 9.05. The number of fused-ring (bicyclic) bond motifs is 1. The summed E-state index contributed by atoms with van der Waals surface area (Å²) in [6.45, 7) is 17.4. The molecule has 3 unspecified atom stereocenters. The van der Waals surface area contributed by atoms with E-state index in [1.807, 2.05) is 30.4 Å². The van der Waals surface area contributed by atoms with Crippen molar-refractivity contribution in [3.8, 4) is 5.75 Å². The van der Waals surface area contributed by atoms with Crippen molar-refractivity contribution in [2.24, 2.45) is 21.7 Å². The van der Waals surface area contributed by atoms with Crippen molar-refractivity contribution < 1.29 is 15.3 Å². The van der Waals surface area contributed by atoms with E-state index in [0.717, 1.165) is 16.3 Å². The van der Waals surface area contributed by atoms with E-state index in [-0.39, 0.29) is 39.4 Å². The number of aromatic hydroxyl groups is 1. The van der Waals surface area contributed by atoms with Gasteiger partial charge in [0, 0.05) is 27.9 Å². The number of hydrogen-bond donors (Lipinski definition) is 3. The Kier molecular flexibility index (Phi) is 6.06. The lowest BCUT2D eigenvalue weighted by molar-refractivity contribution is 0.220. The quantitative estimate of drug-likeness (QED) is 0.398. The fourth-order valence-corrected chi connectivity index (χ4v) is 5.85. The number of hydrogen-bond acceptors (Lipinski definition) is 3. The molecule has 190 valence electrons. The molecular formula is C33H40O3. The minimum atomic E-state index is -0.527. The van der Waals surface area contributed by atoms with Crippen LogP contribution < -0.4 is 0 Å². The van der Waals surface area contributed by atoms with Crippen LogP contribution in [0.4, 0.5) is 0 Å². The molecule has 0 amide bonds. The molecule has 3 heteroatoms. The van der Waals surface area contributed by atoms with E-state index in [0.29, 0.717) is 11.1 Å². The maximum atomic E-state index is 11.4. The average Bonchev–Trinajstić information content (AvgIpc) is 2.95. The standard InChI is InChI=1S/C33H40O3/c1-30(2,3)29(23-10-9-22-18-24(34)12-11-21(22)17-23)32(7)15-13-25-26(27(35)19-32)14-16-33(8,20-28(25)36)31(4,5)6/h9-20,29,34-36H,1-8H3. The Balaban J connectivity index is 1.84. The van der Waals surface area contributed by atoms with Gasteiger partial charge in [-0.2, -0.15) is 0 Å². The number of aliphatic hydroxyl groups is 2. The molecule has 3 nitrogen and oxygen atoms in total. The number of phenols is 1. The van der Waals surface area contributed by atoms with E-state index in [1.54, 1.807) is 12.1 Å². The Bertz CT molecular complexity index is 1350. The molecule has 0 saturated heterocycles. The summed E-state index contributed by atoms with van der Waals surface area (Å²) in [5.74, 6) is 0.641. The predicted molar refractivity (Wildman–Crippen MR) is 150 cm³/mol. The molecule has 2 aromatic rings. The Morgan fingerprint density at radius 1 is 0.694 bits per heavy atom. The number of phenolic OH excluding ortho intramolecular Hbond substituents is 1. The summed E-state index contributed by atoms with van der Waals surface area (Å²) < 4.78 is 0. The first-order valence-electron chi connectivity index (χ1n) is 12.7. The van der Waals surface area contributed by atoms with Crippen LogP contribution >= 0.6 is 0 Å². The minimum absolute atomic E-state index is 0.0279. The first-order valence-corrected chi connectivity index (χ1v) is 12.7. The highest BCUT2D eigenvalue weighted by molar-refractivity contribution is 5.84. The molecule has 36 heavy (non-hydrogen) atoms. The number of allylic oxidation sites excluding steroid dienone is 6. The maximum absolute atomic E-state index is 11.4. The molecule has 0 aromatic heterocycles. The van der Waals surface area contributed by atoms with Crippen LogP contribution in [-0.4, -0.2) is 15.3 Å². The van der Waals surface area contributed by atoms with Crippen molar-refractivity contribution in [3.63, 3.8) is 0 Å². The smallest absolute Gasteiger partial charge is 0.120 e. The van der Waals surface area contributed by atoms with Crippen LogP contribution in [0.1, 0.15) is 66.9 Å². The molecular weight excluding hydrogens is 444 g/mol. The summed E-state index contributed by atoms with van der Waals surface area (Å²) in [6.07, 6.45) is 12.0. The highest BCUT2D eigenvalue weighted by Gasteiger charge is 2.42. The summed E-state index contributed by atoms with van der Waals surface area (Å²) >= 11 is 0. The lowest BCUT2D eigenvalue weighted by Crippen LogP contribution is -2.32. The molecule has 3 atom stereocenters. The normalized spacial score (nSPS) is 25.7. The molecule has 0 heterocycles. The topological polar surface area (TPSA) is 60.7 Å². The number of benzene rings is 2. The van der Waals surface area contributed by atoms with Gasteiger partial charge in [-0.05, 0) is 51.5 Å². The van der Waals surface area contributed by atoms with Crippen LogP contribution in [0.25, 0.3) is 10.8 Å². The minimum Gasteiger partial charge on any atom is -0.508 e. The van der Waals surface area contributed by atoms with Crippen LogP contribution in [0, 0.1) is 21.7 Å². The van der Waals surface area contributed by atoms with Crippen LogP contribution in [-0.2, 0) is 0 Å². The fraction of sp³-hybridized carbons (Fsp3) is 0.394. The molecule has 2 aliphatic rings. The average molecular weight is 485 g/mol. The number of aliphatic hydroxyl groups excluding tert-OH is 2. The summed E-state index contributed by atoms with van der Waals surface area (Å²) in [7, 11) is 0. The molecule has 0 saturated carbocycles. The molecule has 0 spiro atoms. The van der Waals surface area contributed by atoms with Gasteiger partial charge < -0.3 is 15.3 Å². The van der Waals surface area contributed by atoms with Gasteiger partial charge in [0.1, 0.15) is 17.3 Å². The Hall–Kier alpha value is -3.20. The van der Waals surface area contributed by atoms with Gasteiger partial charge in [-0.1, -0.05) is 104 Å². The lowest BCUT2D eigenvalue weighted by Gasteiger charge is -2.42. The molecule has 2 aliphatic carbocycles. The zero-order chi connectivity index (χ0) is 26.7. The third-order valence-corrected chi connectivity index (χ3v) is 8.22. The molecule has 3 N–H and O–H groups in total. The van der Waals surface area contributed by atoms with Gasteiger partial charge >= 0.3 is 0 Å². The van der Waals surface area contributed by atoms with Crippen LogP contribution in [0.15, 0.2) is 95.5 Å². The van der Waals surface area contributed by atoms with E-state index in [2.05, 4.69) is 85.7 Å². The lowest BCUT2D eigenvalue weighted by atomic mass is 9.61. The fourth-order valence-electron chi connectivity index (χ4n) is 5.85. The van der Waals surface area contributed by atoms with Gasteiger partial charge in [0.2, 0.25) is 0 Å². The summed E-state index contributed by atoms with van der Waals surface area (Å²) in [6, 6.07) is 11.8. The molecule has 4 rings (SSSR count). The Morgan fingerprint density at radius 3 is 1.86 bits per heavy atom. The maximum Gasteiger partial charge on any atom is 0.120 e. The van der Waals surface area contributed by atoms with Gasteiger partial charge in [-0.3, -0.25) is 0 Å². The molecule has 0 radical (unpaired) electrons. The SMILES string of the molecule is CC(C)(C)C(c1ccc2cc(O)ccc2c1)C1(C)C=CC2=C(C=CC(C)(C(C)(C)C)C=C2O)C(O)=C1. The molecule has 0 bridgehead atoms. The van der Waals surface area contributed by atoms with Crippen LogP contribution in [0.2, 0.25) is 0 Å². The van der Waals surface area contributed by atoms with Crippen molar-refractivity contribution >= 4 is 10.8 Å². The van der Waals surface area contributed by atoms with E-state index in [4.69, 9.17) is 0 Å². The first kappa shape index (κ1) is 25.9. The first-order chi connectivity index (χ1) is 16.5. The van der Waals surface area contributed by atoms with Gasteiger partial charge in [0.15, 0.2) is 0 Å². The van der Waals surface area contributed by atoms with Gasteiger partial charge in [0.05, 0.1) is 0 Å². The van der Waals surface area contributed by atoms with Crippen molar-refractivity contribution in [3.05, 3.63) is 101 Å². The summed E-state index contributed by atoms with van der Waals surface area (Å²) in [4.78, 5) is 0.